The van der Waals surface area contributed by atoms with E-state index in [9.17, 15) is 28.4 Å². The molecule has 1 unspecified atom stereocenters. The van der Waals surface area contributed by atoms with Crippen molar-refractivity contribution in [3.05, 3.63) is 167 Å². The minimum atomic E-state index is -0.754. The summed E-state index contributed by atoms with van der Waals surface area (Å²) in [6, 6.07) is 40.0. The van der Waals surface area contributed by atoms with Crippen LogP contribution in [-0.4, -0.2) is 191 Å². The van der Waals surface area contributed by atoms with E-state index in [1.54, 1.807) is 65.0 Å². The van der Waals surface area contributed by atoms with Crippen molar-refractivity contribution in [1.82, 2.24) is 29.4 Å². The van der Waals surface area contributed by atoms with Gasteiger partial charge in [0.2, 0.25) is 11.8 Å². The molecule has 18 heteroatoms. The van der Waals surface area contributed by atoms with Gasteiger partial charge in [-0.15, -0.1) is 0 Å². The second-order valence-electron chi connectivity index (χ2n) is 23.8. The molecule has 0 saturated carbocycles. The van der Waals surface area contributed by atoms with Gasteiger partial charge in [-0.1, -0.05) is 91.0 Å². The number of rotatable bonds is 26. The average molecular weight is 1190 g/mol. The van der Waals surface area contributed by atoms with Crippen molar-refractivity contribution in [2.24, 2.45) is 0 Å². The third kappa shape index (κ3) is 16.6. The van der Waals surface area contributed by atoms with E-state index in [0.29, 0.717) is 75.4 Å². The van der Waals surface area contributed by atoms with E-state index in [1.807, 2.05) is 86.7 Å². The molecule has 0 radical (unpaired) electrons. The number of halogens is 1. The highest BCUT2D eigenvalue weighted by atomic mass is 19.1. The summed E-state index contributed by atoms with van der Waals surface area (Å²) in [6.07, 6.45) is 6.89. The number of fused-ring (bicyclic) bond motifs is 2. The molecule has 9 rings (SSSR count). The van der Waals surface area contributed by atoms with Crippen molar-refractivity contribution in [3.8, 4) is 11.1 Å². The summed E-state index contributed by atoms with van der Waals surface area (Å²) in [5.41, 5.74) is 7.21. The van der Waals surface area contributed by atoms with Gasteiger partial charge in [-0.05, 0) is 143 Å². The van der Waals surface area contributed by atoms with Gasteiger partial charge in [0.05, 0.1) is 18.3 Å². The van der Waals surface area contributed by atoms with Crippen molar-refractivity contribution in [3.63, 3.8) is 0 Å². The summed E-state index contributed by atoms with van der Waals surface area (Å²) in [5, 5.41) is 6.30. The van der Waals surface area contributed by atoms with Crippen LogP contribution in [0, 0.1) is 5.82 Å². The number of carbonyl (C=O) groups is 5. The zero-order valence-electron chi connectivity index (χ0n) is 51.4. The lowest BCUT2D eigenvalue weighted by Crippen LogP contribution is -2.50. The van der Waals surface area contributed by atoms with Crippen molar-refractivity contribution in [2.45, 2.75) is 88.4 Å². The summed E-state index contributed by atoms with van der Waals surface area (Å²) in [5.74, 6) is -0.655. The minimum Gasteiger partial charge on any atom is -0.446 e. The molecule has 1 aliphatic carbocycles. The quantitative estimate of drug-likeness (QED) is 0.0399. The van der Waals surface area contributed by atoms with E-state index >= 15 is 0 Å². The highest BCUT2D eigenvalue weighted by Gasteiger charge is 2.50. The molecule has 87 heavy (non-hydrogen) atoms. The van der Waals surface area contributed by atoms with Crippen molar-refractivity contribution >= 4 is 41.1 Å². The Hall–Kier alpha value is -7.48. The number of anilines is 2. The molecule has 464 valence electrons. The Kier molecular flexibility index (Phi) is 22.4. The Morgan fingerprint density at radius 1 is 0.736 bits per heavy atom. The van der Waals surface area contributed by atoms with E-state index in [1.165, 1.54) is 23.3 Å². The predicted octanol–water partition coefficient (Wildman–Crippen LogP) is 9.45. The molecule has 5 aromatic carbocycles. The molecular formula is C69H87FN8O9. The number of benzene rings is 5. The maximum atomic E-state index is 14.1. The molecule has 3 heterocycles. The number of hydrogen-bond acceptors (Lipinski definition) is 12. The number of para-hydroxylation sites is 1. The van der Waals surface area contributed by atoms with Gasteiger partial charge in [0.25, 0.3) is 11.8 Å². The third-order valence-electron chi connectivity index (χ3n) is 18.1. The lowest BCUT2D eigenvalue weighted by molar-refractivity contribution is -0.139. The summed E-state index contributed by atoms with van der Waals surface area (Å²) in [7, 11) is 5.35. The number of piperidine rings is 2. The van der Waals surface area contributed by atoms with Gasteiger partial charge >= 0.3 is 6.09 Å². The standard InChI is InChI=1S/C69H87FN8O9/c1-6-51(2)65(81)78-49-69(86-50-78,55-24-26-56(70)27-25-55)34-42-77-40-32-68(33-41-77)60-20-12-10-18-54(60)46-62(68)85-48-64(80)73(3)36-15-37-75(5)66(82)53-22-28-57(29-23-53)71-35-14-45-84-47-63(79)74(4)43-44-76-38-30-58(31-39-76)87-67(83)72-61-21-13-11-19-59(61)52-16-8-7-9-17-52/h6-13,16-29,58,62,71H,14-15,30-50H2,1-5H3,(H,72,83)/b51-6+/t62?,69-/m0/s1. The molecule has 5 amide bonds. The van der Waals surface area contributed by atoms with Crippen LogP contribution in [0.5, 0.6) is 0 Å². The summed E-state index contributed by atoms with van der Waals surface area (Å²) in [4.78, 5) is 77.4. The number of nitrogens with zero attached hydrogens (tertiary/aromatic N) is 6. The second kappa shape index (κ2) is 30.4. The fourth-order valence-corrected chi connectivity index (χ4v) is 12.5. The molecule has 2 N–H and O–H groups in total. The van der Waals surface area contributed by atoms with Gasteiger partial charge in [0, 0.05) is 108 Å². The molecule has 3 aliphatic heterocycles. The van der Waals surface area contributed by atoms with E-state index < -0.39 is 11.7 Å². The summed E-state index contributed by atoms with van der Waals surface area (Å²) in [6.45, 7) is 11.4. The van der Waals surface area contributed by atoms with Gasteiger partial charge in [0.15, 0.2) is 0 Å². The SMILES string of the molecule is C/C=C(\C)C(=O)N1CO[C@](CCN2CCC3(CC2)c2ccccc2CC3OCC(=O)N(C)CCCN(C)C(=O)c2ccc(NCCCOCC(=O)N(C)CCN3CCC(OC(=O)Nc4ccccc4-c4ccccc4)CC3)cc2)(c2ccc(F)cc2)C1. The first kappa shape index (κ1) is 64.0. The zero-order chi connectivity index (χ0) is 61.3. The average Bonchev–Trinajstić information content (AvgIpc) is 1.97. The van der Waals surface area contributed by atoms with Crippen molar-refractivity contribution in [2.75, 3.05) is 130 Å². The number of amides is 5. The maximum Gasteiger partial charge on any atom is 0.411 e. The molecule has 5 aromatic rings. The number of nitrogens with one attached hydrogen (secondary N) is 2. The van der Waals surface area contributed by atoms with Crippen LogP contribution in [0.25, 0.3) is 11.1 Å². The monoisotopic (exact) mass is 1190 g/mol. The van der Waals surface area contributed by atoms with Crippen LogP contribution in [0.3, 0.4) is 0 Å². The fraction of sp³-hybridized carbons (Fsp3) is 0.464. The smallest absolute Gasteiger partial charge is 0.411 e. The Balaban J connectivity index is 0.625. The predicted molar refractivity (Wildman–Crippen MR) is 336 cm³/mol. The highest BCUT2D eigenvalue weighted by molar-refractivity contribution is 5.95. The van der Waals surface area contributed by atoms with E-state index in [-0.39, 0.29) is 67.0 Å². The Morgan fingerprint density at radius 3 is 2.15 bits per heavy atom. The first-order valence-corrected chi connectivity index (χ1v) is 30.9. The maximum absolute atomic E-state index is 14.1. The van der Waals surface area contributed by atoms with Gasteiger partial charge < -0.3 is 53.7 Å². The van der Waals surface area contributed by atoms with Crippen LogP contribution in [0.1, 0.15) is 85.8 Å². The van der Waals surface area contributed by atoms with Crippen LogP contribution in [-0.2, 0) is 50.8 Å². The van der Waals surface area contributed by atoms with Crippen molar-refractivity contribution in [1.29, 1.82) is 0 Å². The van der Waals surface area contributed by atoms with Gasteiger partial charge in [0.1, 0.15) is 37.5 Å². The molecule has 1 spiro atoms. The van der Waals surface area contributed by atoms with Crippen LogP contribution in [0.2, 0.25) is 0 Å². The Morgan fingerprint density at radius 2 is 1.40 bits per heavy atom. The van der Waals surface area contributed by atoms with Crippen molar-refractivity contribution < 1.29 is 47.3 Å². The zero-order valence-corrected chi connectivity index (χ0v) is 51.4. The minimum absolute atomic E-state index is 0.00449. The molecular weight excluding hydrogens is 1100 g/mol. The number of likely N-dealkylation sites (N-methyl/N-ethyl adjacent to an activating group) is 2. The van der Waals surface area contributed by atoms with Crippen LogP contribution < -0.4 is 10.6 Å². The molecule has 3 saturated heterocycles. The first-order valence-electron chi connectivity index (χ1n) is 30.9. The lowest BCUT2D eigenvalue weighted by atomic mass is 9.72. The molecule has 4 aliphatic rings. The van der Waals surface area contributed by atoms with Gasteiger partial charge in [-0.25, -0.2) is 9.18 Å². The lowest BCUT2D eigenvalue weighted by Gasteiger charge is -2.44. The number of likely N-dealkylation sites (tertiary alicyclic amines) is 2. The third-order valence-corrected chi connectivity index (χ3v) is 18.1. The van der Waals surface area contributed by atoms with Gasteiger partial charge in [-0.3, -0.25) is 24.5 Å². The molecule has 3 fully saturated rings. The van der Waals surface area contributed by atoms with E-state index in [0.717, 1.165) is 93.8 Å². The van der Waals surface area contributed by atoms with Crippen LogP contribution >= 0.6 is 0 Å². The largest absolute Gasteiger partial charge is 0.446 e. The normalized spacial score (nSPS) is 18.7. The number of ether oxygens (including phenoxy) is 4. The van der Waals surface area contributed by atoms with Gasteiger partial charge in [-0.2, -0.15) is 0 Å². The van der Waals surface area contributed by atoms with Crippen LogP contribution in [0.4, 0.5) is 20.6 Å². The molecule has 0 aromatic heterocycles. The number of allylic oxidation sites excluding steroid dienone is 1. The first-order chi connectivity index (χ1) is 42.1. The fourth-order valence-electron chi connectivity index (χ4n) is 12.5. The summed E-state index contributed by atoms with van der Waals surface area (Å²) >= 11 is 0. The number of hydrogen-bond donors (Lipinski definition) is 2. The second-order valence-corrected chi connectivity index (χ2v) is 23.8. The number of carbonyl (C=O) groups excluding carboxylic acids is 5. The Labute approximate surface area is 512 Å². The molecule has 2 atom stereocenters. The molecule has 17 nitrogen and oxygen atoms in total. The van der Waals surface area contributed by atoms with Crippen LogP contribution in [0.15, 0.2) is 139 Å². The van der Waals surface area contributed by atoms with E-state index in [2.05, 4.69) is 44.7 Å². The Bertz CT molecular complexity index is 3130. The molecule has 0 bridgehead atoms. The topological polar surface area (TPSA) is 166 Å². The highest BCUT2D eigenvalue weighted by Crippen LogP contribution is 2.48. The van der Waals surface area contributed by atoms with E-state index in [4.69, 9.17) is 18.9 Å². The summed E-state index contributed by atoms with van der Waals surface area (Å²) < 4.78 is 38.7.